The minimum Gasteiger partial charge on any atom is -0.399 e. The lowest BCUT2D eigenvalue weighted by molar-refractivity contribution is 0.178. The SMILES string of the molecule is CC1(C)CCCCN1S(=O)Cc1cccc(N)c1. The first-order chi connectivity index (χ1) is 8.49. The van der Waals surface area contributed by atoms with E-state index in [-0.39, 0.29) is 5.54 Å². The zero-order valence-electron chi connectivity index (χ0n) is 11.2. The van der Waals surface area contributed by atoms with Crippen LogP contribution >= 0.6 is 0 Å². The van der Waals surface area contributed by atoms with Gasteiger partial charge in [-0.1, -0.05) is 18.6 Å². The van der Waals surface area contributed by atoms with Crippen molar-refractivity contribution in [2.45, 2.75) is 44.4 Å². The van der Waals surface area contributed by atoms with Gasteiger partial charge in [-0.15, -0.1) is 0 Å². The topological polar surface area (TPSA) is 46.3 Å². The number of benzene rings is 1. The molecule has 0 aromatic heterocycles. The van der Waals surface area contributed by atoms with Crippen molar-refractivity contribution in [1.82, 2.24) is 4.31 Å². The number of nitrogens with zero attached hydrogens (tertiary/aromatic N) is 1. The summed E-state index contributed by atoms with van der Waals surface area (Å²) in [6.07, 6.45) is 3.50. The van der Waals surface area contributed by atoms with E-state index in [1.54, 1.807) is 0 Å². The Morgan fingerprint density at radius 1 is 1.39 bits per heavy atom. The Labute approximate surface area is 112 Å². The Morgan fingerprint density at radius 3 is 2.83 bits per heavy atom. The third-order valence-corrected chi connectivity index (χ3v) is 5.31. The summed E-state index contributed by atoms with van der Waals surface area (Å²) in [4.78, 5) is 0. The van der Waals surface area contributed by atoms with E-state index >= 15 is 0 Å². The maximum Gasteiger partial charge on any atom is 0.0992 e. The van der Waals surface area contributed by atoms with Crippen molar-refractivity contribution in [2.75, 3.05) is 12.3 Å². The molecule has 1 aliphatic rings. The van der Waals surface area contributed by atoms with Crippen LogP contribution < -0.4 is 5.73 Å². The van der Waals surface area contributed by atoms with E-state index < -0.39 is 11.0 Å². The van der Waals surface area contributed by atoms with Gasteiger partial charge < -0.3 is 5.73 Å². The van der Waals surface area contributed by atoms with Crippen molar-refractivity contribution in [1.29, 1.82) is 0 Å². The third-order valence-electron chi connectivity index (χ3n) is 3.56. The Kier molecular flexibility index (Phi) is 4.07. The van der Waals surface area contributed by atoms with E-state index in [9.17, 15) is 4.21 Å². The van der Waals surface area contributed by atoms with Gasteiger partial charge in [0.1, 0.15) is 0 Å². The molecule has 0 bridgehead atoms. The molecule has 2 N–H and O–H groups in total. The van der Waals surface area contributed by atoms with Crippen LogP contribution in [-0.4, -0.2) is 20.6 Å². The van der Waals surface area contributed by atoms with Gasteiger partial charge in [-0.2, -0.15) is 0 Å². The fourth-order valence-electron chi connectivity index (χ4n) is 2.52. The van der Waals surface area contributed by atoms with Crippen LogP contribution in [0, 0.1) is 0 Å². The molecule has 4 heteroatoms. The second-order valence-electron chi connectivity index (χ2n) is 5.58. The molecule has 1 atom stereocenters. The standard InChI is InChI=1S/C14H22N2OS/c1-14(2)8-3-4-9-16(14)18(17)11-12-6-5-7-13(15)10-12/h5-7,10H,3-4,8-9,11,15H2,1-2H3. The predicted octanol–water partition coefficient (Wildman–Crippen LogP) is 2.70. The Bertz CT molecular complexity index is 445. The molecule has 2 rings (SSSR count). The average Bonchev–Trinajstić information content (AvgIpc) is 2.28. The fraction of sp³-hybridized carbons (Fsp3) is 0.571. The largest absolute Gasteiger partial charge is 0.399 e. The van der Waals surface area contributed by atoms with Gasteiger partial charge in [0.05, 0.1) is 16.7 Å². The normalized spacial score (nSPS) is 21.7. The van der Waals surface area contributed by atoms with Gasteiger partial charge in [-0.25, -0.2) is 8.51 Å². The van der Waals surface area contributed by atoms with Crippen LogP contribution in [0.25, 0.3) is 0 Å². The minimum atomic E-state index is -0.957. The van der Waals surface area contributed by atoms with Gasteiger partial charge in [-0.3, -0.25) is 0 Å². The lowest BCUT2D eigenvalue weighted by atomic mass is 9.93. The maximum absolute atomic E-state index is 12.5. The van der Waals surface area contributed by atoms with Crippen molar-refractivity contribution < 1.29 is 4.21 Å². The quantitative estimate of drug-likeness (QED) is 0.855. The number of hydrogen-bond donors (Lipinski definition) is 1. The number of anilines is 1. The molecule has 1 aliphatic heterocycles. The molecule has 0 aliphatic carbocycles. The monoisotopic (exact) mass is 266 g/mol. The number of rotatable bonds is 3. The minimum absolute atomic E-state index is 0.0451. The molecule has 1 unspecified atom stereocenters. The molecule has 1 heterocycles. The number of piperidine rings is 1. The van der Waals surface area contributed by atoms with Gasteiger partial charge in [0, 0.05) is 17.8 Å². The fourth-order valence-corrected chi connectivity index (χ4v) is 4.12. The van der Waals surface area contributed by atoms with Crippen molar-refractivity contribution >= 4 is 16.7 Å². The summed E-state index contributed by atoms with van der Waals surface area (Å²) in [5, 5.41) is 0. The summed E-state index contributed by atoms with van der Waals surface area (Å²) < 4.78 is 14.6. The van der Waals surface area contributed by atoms with Gasteiger partial charge in [-0.05, 0) is 44.4 Å². The zero-order valence-corrected chi connectivity index (χ0v) is 12.0. The molecule has 18 heavy (non-hydrogen) atoms. The first-order valence-electron chi connectivity index (χ1n) is 6.49. The van der Waals surface area contributed by atoms with E-state index in [1.807, 2.05) is 24.3 Å². The molecular weight excluding hydrogens is 244 g/mol. The second-order valence-corrected chi connectivity index (χ2v) is 6.95. The van der Waals surface area contributed by atoms with Crippen LogP contribution in [0.2, 0.25) is 0 Å². The van der Waals surface area contributed by atoms with E-state index in [2.05, 4.69) is 18.2 Å². The molecule has 1 aromatic carbocycles. The van der Waals surface area contributed by atoms with Gasteiger partial charge in [0.2, 0.25) is 0 Å². The molecular formula is C14H22N2OS. The van der Waals surface area contributed by atoms with Crippen molar-refractivity contribution in [3.63, 3.8) is 0 Å². The Morgan fingerprint density at radius 2 is 2.17 bits per heavy atom. The zero-order chi connectivity index (χ0) is 13.2. The first kappa shape index (κ1) is 13.6. The number of nitrogen functional groups attached to an aromatic ring is 1. The lowest BCUT2D eigenvalue weighted by Gasteiger charge is -2.41. The highest BCUT2D eigenvalue weighted by Gasteiger charge is 2.33. The Hall–Kier alpha value is -0.870. The average molecular weight is 266 g/mol. The van der Waals surface area contributed by atoms with E-state index in [1.165, 1.54) is 6.42 Å². The van der Waals surface area contributed by atoms with Crippen LogP contribution in [0.4, 0.5) is 5.69 Å². The van der Waals surface area contributed by atoms with Crippen LogP contribution in [0.1, 0.15) is 38.7 Å². The van der Waals surface area contributed by atoms with Gasteiger partial charge in [0.15, 0.2) is 0 Å². The summed E-state index contributed by atoms with van der Waals surface area (Å²) in [6, 6.07) is 7.68. The van der Waals surface area contributed by atoms with E-state index in [0.29, 0.717) is 5.75 Å². The highest BCUT2D eigenvalue weighted by molar-refractivity contribution is 7.81. The van der Waals surface area contributed by atoms with Crippen LogP contribution in [0.3, 0.4) is 0 Å². The van der Waals surface area contributed by atoms with Crippen LogP contribution in [0.15, 0.2) is 24.3 Å². The van der Waals surface area contributed by atoms with Crippen molar-refractivity contribution in [3.05, 3.63) is 29.8 Å². The molecule has 0 amide bonds. The van der Waals surface area contributed by atoms with Crippen molar-refractivity contribution in [2.24, 2.45) is 0 Å². The lowest BCUT2D eigenvalue weighted by Crippen LogP contribution is -2.48. The first-order valence-corrected chi connectivity index (χ1v) is 7.77. The summed E-state index contributed by atoms with van der Waals surface area (Å²) in [5.41, 5.74) is 7.59. The van der Waals surface area contributed by atoms with E-state index in [0.717, 1.165) is 30.6 Å². The number of hydrogen-bond acceptors (Lipinski definition) is 2. The third kappa shape index (κ3) is 3.12. The maximum atomic E-state index is 12.5. The smallest absolute Gasteiger partial charge is 0.0992 e. The molecule has 1 saturated heterocycles. The van der Waals surface area contributed by atoms with Gasteiger partial charge in [0.25, 0.3) is 0 Å². The van der Waals surface area contributed by atoms with Crippen LogP contribution in [0.5, 0.6) is 0 Å². The predicted molar refractivity (Wildman–Crippen MR) is 77.3 cm³/mol. The summed E-state index contributed by atoms with van der Waals surface area (Å²) in [5.74, 6) is 0.564. The molecule has 0 radical (unpaired) electrons. The molecule has 1 aromatic rings. The van der Waals surface area contributed by atoms with Crippen molar-refractivity contribution in [3.8, 4) is 0 Å². The Balaban J connectivity index is 2.07. The summed E-state index contributed by atoms with van der Waals surface area (Å²) in [7, 11) is -0.957. The molecule has 1 fully saturated rings. The molecule has 3 nitrogen and oxygen atoms in total. The second kappa shape index (κ2) is 5.41. The highest BCUT2D eigenvalue weighted by atomic mass is 32.2. The number of nitrogens with two attached hydrogens (primary N) is 1. The molecule has 100 valence electrons. The molecule has 0 saturated carbocycles. The molecule has 0 spiro atoms. The van der Waals surface area contributed by atoms with Crippen LogP contribution in [-0.2, 0) is 16.7 Å². The van der Waals surface area contributed by atoms with E-state index in [4.69, 9.17) is 5.73 Å². The highest BCUT2D eigenvalue weighted by Crippen LogP contribution is 2.29. The summed E-state index contributed by atoms with van der Waals surface area (Å²) in [6.45, 7) is 5.30. The van der Waals surface area contributed by atoms with Gasteiger partial charge >= 0.3 is 0 Å². The summed E-state index contributed by atoms with van der Waals surface area (Å²) >= 11 is 0.